The van der Waals surface area contributed by atoms with Gasteiger partial charge in [-0.05, 0) is 12.8 Å². The average molecular weight is 175 g/mol. The minimum absolute atomic E-state index is 0.220. The number of carbonyl (C=O) groups is 2. The quantitative estimate of drug-likeness (QED) is 0.562. The Morgan fingerprint density at radius 3 is 2.58 bits per heavy atom. The van der Waals surface area contributed by atoms with Gasteiger partial charge in [0.2, 0.25) is 0 Å². The molecule has 0 aromatic carbocycles. The van der Waals surface area contributed by atoms with E-state index in [-0.39, 0.29) is 12.4 Å². The van der Waals surface area contributed by atoms with Gasteiger partial charge in [-0.15, -0.1) is 0 Å². The Bertz CT molecular complexity index is 169. The van der Waals surface area contributed by atoms with Crippen LogP contribution in [0.5, 0.6) is 0 Å². The number of aliphatic carboxylic acids is 1. The van der Waals surface area contributed by atoms with Crippen LogP contribution in [0.4, 0.5) is 0 Å². The van der Waals surface area contributed by atoms with Gasteiger partial charge in [-0.2, -0.15) is 0 Å². The fourth-order valence-electron chi connectivity index (χ4n) is 0.692. The number of esters is 1. The number of hydrogen-bond donors (Lipinski definition) is 2. The Morgan fingerprint density at radius 1 is 1.58 bits per heavy atom. The maximum absolute atomic E-state index is 10.6. The number of methoxy groups -OCH3 is 1. The molecule has 5 nitrogen and oxygen atoms in total. The third-order valence-corrected chi connectivity index (χ3v) is 1.44. The van der Waals surface area contributed by atoms with E-state index in [9.17, 15) is 9.59 Å². The molecule has 0 amide bonds. The highest BCUT2D eigenvalue weighted by Gasteiger charge is 2.11. The summed E-state index contributed by atoms with van der Waals surface area (Å²) in [6.45, 7) is 0. The summed E-state index contributed by atoms with van der Waals surface area (Å²) in [4.78, 5) is 20.8. The van der Waals surface area contributed by atoms with Crippen molar-refractivity contribution in [2.24, 2.45) is 5.73 Å². The van der Waals surface area contributed by atoms with Crippen molar-refractivity contribution in [2.45, 2.75) is 25.3 Å². The van der Waals surface area contributed by atoms with Gasteiger partial charge in [0.25, 0.3) is 0 Å². The Balaban J connectivity index is 3.43. The van der Waals surface area contributed by atoms with Crippen LogP contribution >= 0.6 is 0 Å². The second-order valence-electron chi connectivity index (χ2n) is 2.41. The van der Waals surface area contributed by atoms with Gasteiger partial charge >= 0.3 is 11.9 Å². The van der Waals surface area contributed by atoms with Gasteiger partial charge < -0.3 is 15.6 Å². The predicted molar refractivity (Wildman–Crippen MR) is 41.5 cm³/mol. The molecule has 12 heavy (non-hydrogen) atoms. The number of ether oxygens (including phenoxy) is 1. The molecule has 0 saturated heterocycles. The Labute approximate surface area is 70.5 Å². The van der Waals surface area contributed by atoms with Gasteiger partial charge in [0.05, 0.1) is 7.11 Å². The Morgan fingerprint density at radius 2 is 2.17 bits per heavy atom. The fraction of sp³-hybridized carbons (Fsp3) is 0.714. The summed E-state index contributed by atoms with van der Waals surface area (Å²) in [6, 6.07) is -0.880. The first-order valence-corrected chi connectivity index (χ1v) is 3.63. The lowest BCUT2D eigenvalue weighted by Crippen LogP contribution is -2.29. The number of carbonyl (C=O) groups excluding carboxylic acids is 1. The van der Waals surface area contributed by atoms with E-state index in [0.717, 1.165) is 0 Å². The smallest absolute Gasteiger partial charge is 0.320 e. The lowest BCUT2D eigenvalue weighted by molar-refractivity contribution is -0.142. The lowest BCUT2D eigenvalue weighted by Gasteiger charge is -2.04. The lowest BCUT2D eigenvalue weighted by atomic mass is 10.1. The van der Waals surface area contributed by atoms with Crippen LogP contribution < -0.4 is 5.73 Å². The van der Waals surface area contributed by atoms with Crippen molar-refractivity contribution < 1.29 is 19.4 Å². The molecule has 1 atom stereocenters. The third kappa shape index (κ3) is 4.68. The molecule has 0 bridgehead atoms. The zero-order chi connectivity index (χ0) is 9.56. The van der Waals surface area contributed by atoms with Gasteiger partial charge in [0.1, 0.15) is 6.04 Å². The summed E-state index contributed by atoms with van der Waals surface area (Å²) in [5, 5.41) is 8.36. The molecule has 0 aliphatic heterocycles. The first kappa shape index (κ1) is 10.9. The Hall–Kier alpha value is -1.10. The van der Waals surface area contributed by atoms with Crippen LogP contribution in [0.3, 0.4) is 0 Å². The summed E-state index contributed by atoms with van der Waals surface area (Å²) in [5.74, 6) is -1.38. The van der Waals surface area contributed by atoms with Crippen LogP contribution in [-0.4, -0.2) is 30.2 Å². The standard InChI is InChI=1S/C7H13NO4/c1-12-6(9)4-2-3-5(8)7(10)11/h5H,2-4,8H2,1H3,(H,10,11)/t5-/m1/s1. The van der Waals surface area contributed by atoms with E-state index < -0.39 is 12.0 Å². The van der Waals surface area contributed by atoms with Crippen molar-refractivity contribution in [3.05, 3.63) is 0 Å². The molecule has 0 saturated carbocycles. The van der Waals surface area contributed by atoms with Crippen molar-refractivity contribution >= 4 is 11.9 Å². The summed E-state index contributed by atoms with van der Waals surface area (Å²) in [7, 11) is 1.29. The zero-order valence-electron chi connectivity index (χ0n) is 6.95. The normalized spacial score (nSPS) is 12.2. The van der Waals surface area contributed by atoms with Crippen molar-refractivity contribution in [3.63, 3.8) is 0 Å². The zero-order valence-corrected chi connectivity index (χ0v) is 6.95. The van der Waals surface area contributed by atoms with E-state index >= 15 is 0 Å². The summed E-state index contributed by atoms with van der Waals surface area (Å²) in [5.41, 5.74) is 5.19. The highest BCUT2D eigenvalue weighted by Crippen LogP contribution is 2.00. The molecule has 0 unspecified atom stereocenters. The summed E-state index contributed by atoms with van der Waals surface area (Å²) in [6.07, 6.45) is 0.960. The average Bonchev–Trinajstić information content (AvgIpc) is 2.03. The van der Waals surface area contributed by atoms with Crippen LogP contribution in [-0.2, 0) is 14.3 Å². The summed E-state index contributed by atoms with van der Waals surface area (Å²) >= 11 is 0. The second-order valence-corrected chi connectivity index (χ2v) is 2.41. The monoisotopic (exact) mass is 175 g/mol. The van der Waals surface area contributed by atoms with Crippen LogP contribution in [0.2, 0.25) is 0 Å². The molecule has 0 heterocycles. The van der Waals surface area contributed by atoms with Crippen molar-refractivity contribution in [3.8, 4) is 0 Å². The van der Waals surface area contributed by atoms with Crippen LogP contribution in [0.1, 0.15) is 19.3 Å². The van der Waals surface area contributed by atoms with E-state index in [2.05, 4.69) is 4.74 Å². The van der Waals surface area contributed by atoms with E-state index in [0.29, 0.717) is 12.8 Å². The first-order chi connectivity index (χ1) is 5.57. The van der Waals surface area contributed by atoms with E-state index in [1.165, 1.54) is 7.11 Å². The maximum Gasteiger partial charge on any atom is 0.320 e. The molecule has 5 heteroatoms. The van der Waals surface area contributed by atoms with Crippen LogP contribution in [0.15, 0.2) is 0 Å². The molecule has 70 valence electrons. The van der Waals surface area contributed by atoms with Gasteiger partial charge in [-0.1, -0.05) is 0 Å². The third-order valence-electron chi connectivity index (χ3n) is 1.44. The molecule has 0 spiro atoms. The Kier molecular flexibility index (Phi) is 5.03. The van der Waals surface area contributed by atoms with Gasteiger partial charge in [0.15, 0.2) is 0 Å². The number of rotatable bonds is 5. The molecule has 0 fully saturated rings. The highest BCUT2D eigenvalue weighted by atomic mass is 16.5. The fourth-order valence-corrected chi connectivity index (χ4v) is 0.692. The number of carboxylic acid groups (broad SMARTS) is 1. The molecular weight excluding hydrogens is 162 g/mol. The minimum atomic E-state index is -1.04. The van der Waals surface area contributed by atoms with Gasteiger partial charge in [-0.3, -0.25) is 9.59 Å². The predicted octanol–water partition coefficient (Wildman–Crippen LogP) is -0.258. The SMILES string of the molecule is COC(=O)CCC[C@@H](N)C(=O)O. The molecule has 0 radical (unpaired) electrons. The molecule has 0 rings (SSSR count). The van der Waals surface area contributed by atoms with Crippen molar-refractivity contribution in [1.82, 2.24) is 0 Å². The topological polar surface area (TPSA) is 89.6 Å². The molecule has 0 aliphatic carbocycles. The second kappa shape index (κ2) is 5.54. The maximum atomic E-state index is 10.6. The van der Waals surface area contributed by atoms with Crippen LogP contribution in [0, 0.1) is 0 Å². The van der Waals surface area contributed by atoms with E-state index in [1.807, 2.05) is 0 Å². The van der Waals surface area contributed by atoms with E-state index in [4.69, 9.17) is 10.8 Å². The van der Waals surface area contributed by atoms with Gasteiger partial charge in [-0.25, -0.2) is 0 Å². The number of hydrogen-bond acceptors (Lipinski definition) is 4. The first-order valence-electron chi connectivity index (χ1n) is 3.63. The van der Waals surface area contributed by atoms with Gasteiger partial charge in [0, 0.05) is 6.42 Å². The molecule has 3 N–H and O–H groups in total. The molecule has 0 aromatic heterocycles. The van der Waals surface area contributed by atoms with Crippen molar-refractivity contribution in [2.75, 3.05) is 7.11 Å². The largest absolute Gasteiger partial charge is 0.480 e. The highest BCUT2D eigenvalue weighted by molar-refractivity contribution is 5.73. The van der Waals surface area contributed by atoms with E-state index in [1.54, 1.807) is 0 Å². The molecular formula is C7H13NO4. The summed E-state index contributed by atoms with van der Waals surface area (Å²) < 4.78 is 4.37. The number of nitrogens with two attached hydrogens (primary N) is 1. The molecule has 0 aliphatic rings. The van der Waals surface area contributed by atoms with Crippen LogP contribution in [0.25, 0.3) is 0 Å². The van der Waals surface area contributed by atoms with Crippen molar-refractivity contribution in [1.29, 1.82) is 0 Å². The molecule has 0 aromatic rings. The number of carboxylic acids is 1. The minimum Gasteiger partial charge on any atom is -0.480 e.